The van der Waals surface area contributed by atoms with Crippen LogP contribution >= 0.6 is 22.6 Å². The Kier molecular flexibility index (Phi) is 2.92. The van der Waals surface area contributed by atoms with E-state index in [1.807, 2.05) is 13.0 Å². The SMILES string of the molecule is Cc1c(I)cnn1-c1cc(F)cc(C#N)c1. The molecule has 0 bridgehead atoms. The lowest BCUT2D eigenvalue weighted by molar-refractivity contribution is 0.624. The van der Waals surface area contributed by atoms with Crippen LogP contribution in [0.15, 0.2) is 24.4 Å². The van der Waals surface area contributed by atoms with Crippen molar-refractivity contribution in [3.8, 4) is 11.8 Å². The van der Waals surface area contributed by atoms with Gasteiger partial charge in [0.05, 0.1) is 32.8 Å². The Hall–Kier alpha value is -1.42. The van der Waals surface area contributed by atoms with Crippen LogP contribution in [0.5, 0.6) is 0 Å². The van der Waals surface area contributed by atoms with Gasteiger partial charge < -0.3 is 0 Å². The molecule has 16 heavy (non-hydrogen) atoms. The minimum absolute atomic E-state index is 0.292. The van der Waals surface area contributed by atoms with Gasteiger partial charge in [0.25, 0.3) is 0 Å². The molecule has 0 aliphatic heterocycles. The summed E-state index contributed by atoms with van der Waals surface area (Å²) in [4.78, 5) is 0. The van der Waals surface area contributed by atoms with Crippen LogP contribution in [-0.4, -0.2) is 9.78 Å². The summed E-state index contributed by atoms with van der Waals surface area (Å²) >= 11 is 2.16. The van der Waals surface area contributed by atoms with Gasteiger partial charge in [-0.25, -0.2) is 9.07 Å². The number of halogens is 2. The van der Waals surface area contributed by atoms with Crippen molar-refractivity contribution in [2.75, 3.05) is 0 Å². The highest BCUT2D eigenvalue weighted by Gasteiger charge is 2.08. The lowest BCUT2D eigenvalue weighted by atomic mass is 10.2. The fourth-order valence-corrected chi connectivity index (χ4v) is 1.76. The summed E-state index contributed by atoms with van der Waals surface area (Å²) < 4.78 is 15.9. The molecule has 0 spiro atoms. The zero-order chi connectivity index (χ0) is 11.7. The molecular formula is C11H7FIN3. The minimum atomic E-state index is -0.432. The monoisotopic (exact) mass is 327 g/mol. The fourth-order valence-electron chi connectivity index (χ4n) is 1.41. The first kappa shape index (κ1) is 11.1. The molecule has 1 heterocycles. The van der Waals surface area contributed by atoms with E-state index >= 15 is 0 Å². The summed E-state index contributed by atoms with van der Waals surface area (Å²) in [6.07, 6.45) is 1.70. The molecule has 0 saturated heterocycles. The van der Waals surface area contributed by atoms with Crippen LogP contribution in [0.3, 0.4) is 0 Å². The second-order valence-corrected chi connectivity index (χ2v) is 4.46. The number of hydrogen-bond acceptors (Lipinski definition) is 2. The van der Waals surface area contributed by atoms with E-state index in [0.717, 1.165) is 9.26 Å². The van der Waals surface area contributed by atoms with E-state index in [1.165, 1.54) is 12.1 Å². The molecular weight excluding hydrogens is 320 g/mol. The van der Waals surface area contributed by atoms with Gasteiger partial charge in [0.1, 0.15) is 5.82 Å². The van der Waals surface area contributed by atoms with Crippen LogP contribution < -0.4 is 0 Å². The lowest BCUT2D eigenvalue weighted by Gasteiger charge is -2.05. The van der Waals surface area contributed by atoms with E-state index in [-0.39, 0.29) is 0 Å². The largest absolute Gasteiger partial charge is 0.237 e. The van der Waals surface area contributed by atoms with Crippen LogP contribution in [0.2, 0.25) is 0 Å². The topological polar surface area (TPSA) is 41.6 Å². The maximum atomic E-state index is 13.2. The molecule has 0 fully saturated rings. The summed E-state index contributed by atoms with van der Waals surface area (Å²) in [5, 5.41) is 12.9. The van der Waals surface area contributed by atoms with Crippen molar-refractivity contribution in [3.05, 3.63) is 45.0 Å². The van der Waals surface area contributed by atoms with Gasteiger partial charge in [0, 0.05) is 0 Å². The molecule has 0 unspecified atom stereocenters. The average molecular weight is 327 g/mol. The van der Waals surface area contributed by atoms with Crippen molar-refractivity contribution in [3.63, 3.8) is 0 Å². The summed E-state index contributed by atoms with van der Waals surface area (Å²) in [5.74, 6) is -0.432. The molecule has 2 rings (SSSR count). The predicted octanol–water partition coefficient (Wildman–Crippen LogP) is 2.80. The Morgan fingerprint density at radius 1 is 1.44 bits per heavy atom. The summed E-state index contributed by atoms with van der Waals surface area (Å²) in [7, 11) is 0. The highest BCUT2D eigenvalue weighted by Crippen LogP contribution is 2.17. The molecule has 5 heteroatoms. The van der Waals surface area contributed by atoms with Crippen LogP contribution in [0.1, 0.15) is 11.3 Å². The molecule has 1 aromatic carbocycles. The Bertz CT molecular complexity index is 583. The van der Waals surface area contributed by atoms with Crippen LogP contribution in [0.25, 0.3) is 5.69 Å². The molecule has 0 amide bonds. The molecule has 2 aromatic rings. The minimum Gasteiger partial charge on any atom is -0.237 e. The van der Waals surface area contributed by atoms with E-state index in [0.29, 0.717) is 11.3 Å². The van der Waals surface area contributed by atoms with Gasteiger partial charge in [-0.15, -0.1) is 0 Å². The lowest BCUT2D eigenvalue weighted by Crippen LogP contribution is -2.00. The number of nitrogens with zero attached hydrogens (tertiary/aromatic N) is 3. The third-order valence-corrected chi connectivity index (χ3v) is 3.27. The molecule has 0 aliphatic rings. The smallest absolute Gasteiger partial charge is 0.126 e. The third-order valence-electron chi connectivity index (χ3n) is 2.21. The van der Waals surface area contributed by atoms with E-state index in [2.05, 4.69) is 27.7 Å². The maximum absolute atomic E-state index is 13.2. The second-order valence-electron chi connectivity index (χ2n) is 3.30. The van der Waals surface area contributed by atoms with Gasteiger partial charge in [-0.1, -0.05) is 0 Å². The normalized spacial score (nSPS) is 10.1. The first-order valence-electron chi connectivity index (χ1n) is 4.53. The highest BCUT2D eigenvalue weighted by atomic mass is 127. The standard InChI is InChI=1S/C11H7FIN3/c1-7-11(13)6-15-16(7)10-3-8(5-14)2-9(12)4-10/h2-4,6H,1H3. The zero-order valence-electron chi connectivity index (χ0n) is 8.41. The van der Waals surface area contributed by atoms with Crippen molar-refractivity contribution in [1.29, 1.82) is 5.26 Å². The number of hydrogen-bond donors (Lipinski definition) is 0. The summed E-state index contributed by atoms with van der Waals surface area (Å²) in [6.45, 7) is 1.89. The summed E-state index contributed by atoms with van der Waals surface area (Å²) in [5.41, 5.74) is 1.78. The molecule has 0 radical (unpaired) electrons. The van der Waals surface area contributed by atoms with E-state index in [1.54, 1.807) is 16.9 Å². The van der Waals surface area contributed by atoms with Gasteiger partial charge in [0.15, 0.2) is 0 Å². The number of rotatable bonds is 1. The zero-order valence-corrected chi connectivity index (χ0v) is 10.6. The molecule has 1 aromatic heterocycles. The van der Waals surface area contributed by atoms with E-state index in [4.69, 9.17) is 5.26 Å². The Morgan fingerprint density at radius 2 is 2.19 bits per heavy atom. The number of nitriles is 1. The van der Waals surface area contributed by atoms with Crippen LogP contribution in [0, 0.1) is 27.6 Å². The molecule has 80 valence electrons. The predicted molar refractivity (Wildman–Crippen MR) is 65.7 cm³/mol. The van der Waals surface area contributed by atoms with Gasteiger partial charge in [-0.3, -0.25) is 0 Å². The fraction of sp³-hybridized carbons (Fsp3) is 0.0909. The van der Waals surface area contributed by atoms with Crippen LogP contribution in [0.4, 0.5) is 4.39 Å². The van der Waals surface area contributed by atoms with Crippen molar-refractivity contribution in [1.82, 2.24) is 9.78 Å². The molecule has 0 atom stereocenters. The van der Waals surface area contributed by atoms with Crippen molar-refractivity contribution < 1.29 is 4.39 Å². The second kappa shape index (κ2) is 4.22. The van der Waals surface area contributed by atoms with Gasteiger partial charge in [0.2, 0.25) is 0 Å². The average Bonchev–Trinajstić information content (AvgIpc) is 2.59. The Balaban J connectivity index is 2.61. The quantitative estimate of drug-likeness (QED) is 0.756. The first-order chi connectivity index (χ1) is 7.61. The summed E-state index contributed by atoms with van der Waals surface area (Å²) in [6, 6.07) is 6.09. The number of benzene rings is 1. The number of aromatic nitrogens is 2. The van der Waals surface area contributed by atoms with Gasteiger partial charge in [-0.2, -0.15) is 10.4 Å². The molecule has 3 nitrogen and oxygen atoms in total. The molecule has 0 aliphatic carbocycles. The Labute approximate surface area is 106 Å². The van der Waals surface area contributed by atoms with Crippen molar-refractivity contribution in [2.24, 2.45) is 0 Å². The van der Waals surface area contributed by atoms with Crippen molar-refractivity contribution >= 4 is 22.6 Å². The Morgan fingerprint density at radius 3 is 2.75 bits per heavy atom. The molecule has 0 N–H and O–H groups in total. The maximum Gasteiger partial charge on any atom is 0.126 e. The van der Waals surface area contributed by atoms with Crippen LogP contribution in [-0.2, 0) is 0 Å². The first-order valence-corrected chi connectivity index (χ1v) is 5.61. The highest BCUT2D eigenvalue weighted by molar-refractivity contribution is 14.1. The van der Waals surface area contributed by atoms with E-state index in [9.17, 15) is 4.39 Å². The third kappa shape index (κ3) is 1.93. The van der Waals surface area contributed by atoms with Gasteiger partial charge in [-0.05, 0) is 47.7 Å². The van der Waals surface area contributed by atoms with E-state index < -0.39 is 5.82 Å². The van der Waals surface area contributed by atoms with Gasteiger partial charge >= 0.3 is 0 Å². The van der Waals surface area contributed by atoms with Crippen molar-refractivity contribution in [2.45, 2.75) is 6.92 Å². The molecule has 0 saturated carbocycles.